The summed E-state index contributed by atoms with van der Waals surface area (Å²) in [5, 5.41) is 3.96. The summed E-state index contributed by atoms with van der Waals surface area (Å²) in [6.07, 6.45) is 6.51. The molecule has 1 aromatic heterocycles. The van der Waals surface area contributed by atoms with Gasteiger partial charge in [-0.3, -0.25) is 0 Å². The zero-order valence-electron chi connectivity index (χ0n) is 10.3. The Balaban J connectivity index is 1.90. The van der Waals surface area contributed by atoms with Crippen molar-refractivity contribution in [3.05, 3.63) is 47.5 Å². The van der Waals surface area contributed by atoms with Gasteiger partial charge in [0, 0.05) is 41.8 Å². The standard InChI is InChI=1S/C13H15ClN4S/c14-10-2-3-12(11(8-10)13(15)19)17-4-1-6-18-7-5-16-9-18/h2-3,5,7-9,17H,1,4,6H2,(H2,15,19). The second kappa shape index (κ2) is 6.54. The van der Waals surface area contributed by atoms with Crippen LogP contribution in [0.3, 0.4) is 0 Å². The molecule has 3 N–H and O–H groups in total. The molecule has 2 rings (SSSR count). The number of imidazole rings is 1. The minimum atomic E-state index is 0.347. The molecule has 0 atom stereocenters. The van der Waals surface area contributed by atoms with Crippen LogP contribution in [0.4, 0.5) is 5.69 Å². The van der Waals surface area contributed by atoms with E-state index in [1.54, 1.807) is 12.3 Å². The van der Waals surface area contributed by atoms with Crippen molar-refractivity contribution in [2.75, 3.05) is 11.9 Å². The SMILES string of the molecule is NC(=S)c1cc(Cl)ccc1NCCCn1ccnc1. The Kier molecular flexibility index (Phi) is 4.76. The average molecular weight is 295 g/mol. The maximum absolute atomic E-state index is 5.94. The summed E-state index contributed by atoms with van der Waals surface area (Å²) in [4.78, 5) is 4.35. The molecule has 0 aliphatic heterocycles. The molecular weight excluding hydrogens is 280 g/mol. The number of hydrogen-bond donors (Lipinski definition) is 2. The molecule has 0 aliphatic carbocycles. The van der Waals surface area contributed by atoms with Gasteiger partial charge in [-0.15, -0.1) is 0 Å². The molecule has 0 amide bonds. The molecule has 0 saturated carbocycles. The fraction of sp³-hybridized carbons (Fsp3) is 0.231. The van der Waals surface area contributed by atoms with Crippen molar-refractivity contribution in [3.63, 3.8) is 0 Å². The lowest BCUT2D eigenvalue weighted by Crippen LogP contribution is -2.14. The predicted octanol–water partition coefficient (Wildman–Crippen LogP) is 2.67. The molecular formula is C13H15ClN4S. The molecule has 0 saturated heterocycles. The van der Waals surface area contributed by atoms with Gasteiger partial charge in [-0.05, 0) is 24.6 Å². The molecule has 0 aliphatic rings. The summed E-state index contributed by atoms with van der Waals surface area (Å²) in [6, 6.07) is 5.50. The number of nitrogens with one attached hydrogen (secondary N) is 1. The molecule has 4 nitrogen and oxygen atoms in total. The summed E-state index contributed by atoms with van der Waals surface area (Å²) in [5.41, 5.74) is 7.39. The molecule has 0 bridgehead atoms. The summed E-state index contributed by atoms with van der Waals surface area (Å²) in [5.74, 6) is 0. The molecule has 0 radical (unpaired) electrons. The fourth-order valence-electron chi connectivity index (χ4n) is 1.78. The molecule has 100 valence electrons. The van der Waals surface area contributed by atoms with Gasteiger partial charge in [0.1, 0.15) is 4.99 Å². The number of rotatable bonds is 6. The molecule has 19 heavy (non-hydrogen) atoms. The topological polar surface area (TPSA) is 55.9 Å². The lowest BCUT2D eigenvalue weighted by atomic mass is 10.1. The van der Waals surface area contributed by atoms with E-state index in [0.717, 1.165) is 30.8 Å². The van der Waals surface area contributed by atoms with E-state index in [1.165, 1.54) is 0 Å². The zero-order valence-corrected chi connectivity index (χ0v) is 11.9. The van der Waals surface area contributed by atoms with E-state index in [0.29, 0.717) is 10.0 Å². The number of nitrogens with two attached hydrogens (primary N) is 1. The Morgan fingerprint density at radius 1 is 1.47 bits per heavy atom. The van der Waals surface area contributed by atoms with E-state index < -0.39 is 0 Å². The van der Waals surface area contributed by atoms with E-state index >= 15 is 0 Å². The van der Waals surface area contributed by atoms with E-state index in [1.807, 2.05) is 29.2 Å². The van der Waals surface area contributed by atoms with Gasteiger partial charge >= 0.3 is 0 Å². The minimum Gasteiger partial charge on any atom is -0.389 e. The van der Waals surface area contributed by atoms with Crippen LogP contribution in [0.25, 0.3) is 0 Å². The van der Waals surface area contributed by atoms with Gasteiger partial charge in [0.25, 0.3) is 0 Å². The molecule has 6 heteroatoms. The van der Waals surface area contributed by atoms with Crippen LogP contribution in [-0.2, 0) is 6.54 Å². The normalized spacial score (nSPS) is 10.4. The van der Waals surface area contributed by atoms with Crippen molar-refractivity contribution in [1.29, 1.82) is 0 Å². The Morgan fingerprint density at radius 3 is 3.00 bits per heavy atom. The average Bonchev–Trinajstić information content (AvgIpc) is 2.89. The highest BCUT2D eigenvalue weighted by atomic mass is 35.5. The van der Waals surface area contributed by atoms with Crippen LogP contribution in [0, 0.1) is 0 Å². The zero-order chi connectivity index (χ0) is 13.7. The smallest absolute Gasteiger partial charge is 0.106 e. The number of nitrogens with zero attached hydrogens (tertiary/aromatic N) is 2. The number of halogens is 1. The van der Waals surface area contributed by atoms with Gasteiger partial charge in [-0.1, -0.05) is 23.8 Å². The summed E-state index contributed by atoms with van der Waals surface area (Å²) in [6.45, 7) is 1.75. The fourth-order valence-corrected chi connectivity index (χ4v) is 2.12. The minimum absolute atomic E-state index is 0.347. The third-order valence-corrected chi connectivity index (χ3v) is 3.17. The van der Waals surface area contributed by atoms with Crippen LogP contribution < -0.4 is 11.1 Å². The molecule has 0 fully saturated rings. The number of thiocarbonyl (C=S) groups is 1. The first-order chi connectivity index (χ1) is 9.16. The number of benzene rings is 1. The van der Waals surface area contributed by atoms with Crippen LogP contribution in [0.15, 0.2) is 36.9 Å². The highest BCUT2D eigenvalue weighted by Crippen LogP contribution is 2.20. The number of hydrogen-bond acceptors (Lipinski definition) is 3. The van der Waals surface area contributed by atoms with Crippen molar-refractivity contribution in [3.8, 4) is 0 Å². The lowest BCUT2D eigenvalue weighted by Gasteiger charge is -2.11. The van der Waals surface area contributed by atoms with Crippen LogP contribution in [0.1, 0.15) is 12.0 Å². The van der Waals surface area contributed by atoms with E-state index in [4.69, 9.17) is 29.6 Å². The Hall–Kier alpha value is -1.59. The highest BCUT2D eigenvalue weighted by Gasteiger charge is 2.05. The third kappa shape index (κ3) is 3.94. The quantitative estimate of drug-likeness (QED) is 0.635. The van der Waals surface area contributed by atoms with Crippen molar-refractivity contribution >= 4 is 34.5 Å². The number of anilines is 1. The Morgan fingerprint density at radius 2 is 2.32 bits per heavy atom. The van der Waals surface area contributed by atoms with Crippen molar-refractivity contribution in [2.45, 2.75) is 13.0 Å². The van der Waals surface area contributed by atoms with E-state index in [2.05, 4.69) is 10.3 Å². The lowest BCUT2D eigenvalue weighted by molar-refractivity contribution is 0.661. The first-order valence-corrected chi connectivity index (χ1v) is 6.74. The van der Waals surface area contributed by atoms with Gasteiger partial charge in [0.05, 0.1) is 6.33 Å². The Labute approximate surface area is 122 Å². The van der Waals surface area contributed by atoms with Gasteiger partial charge < -0.3 is 15.6 Å². The van der Waals surface area contributed by atoms with Crippen molar-refractivity contribution in [2.24, 2.45) is 5.73 Å². The first-order valence-electron chi connectivity index (χ1n) is 5.96. The highest BCUT2D eigenvalue weighted by molar-refractivity contribution is 7.80. The Bertz CT molecular complexity index is 554. The second-order valence-corrected chi connectivity index (χ2v) is 5.01. The largest absolute Gasteiger partial charge is 0.389 e. The van der Waals surface area contributed by atoms with E-state index in [9.17, 15) is 0 Å². The van der Waals surface area contributed by atoms with E-state index in [-0.39, 0.29) is 0 Å². The predicted molar refractivity (Wildman–Crippen MR) is 82.7 cm³/mol. The summed E-state index contributed by atoms with van der Waals surface area (Å²) < 4.78 is 2.04. The molecule has 1 heterocycles. The summed E-state index contributed by atoms with van der Waals surface area (Å²) in [7, 11) is 0. The monoisotopic (exact) mass is 294 g/mol. The van der Waals surface area contributed by atoms with Crippen molar-refractivity contribution in [1.82, 2.24) is 9.55 Å². The van der Waals surface area contributed by atoms with Gasteiger partial charge in [0.15, 0.2) is 0 Å². The first kappa shape index (κ1) is 13.8. The molecule has 0 unspecified atom stereocenters. The molecule has 2 aromatic rings. The number of aromatic nitrogens is 2. The van der Waals surface area contributed by atoms with Gasteiger partial charge in [-0.2, -0.15) is 0 Å². The van der Waals surface area contributed by atoms with Gasteiger partial charge in [-0.25, -0.2) is 4.98 Å². The summed E-state index contributed by atoms with van der Waals surface area (Å²) >= 11 is 11.0. The maximum Gasteiger partial charge on any atom is 0.106 e. The van der Waals surface area contributed by atoms with Crippen LogP contribution in [0.2, 0.25) is 5.02 Å². The second-order valence-electron chi connectivity index (χ2n) is 4.13. The van der Waals surface area contributed by atoms with Crippen LogP contribution in [0.5, 0.6) is 0 Å². The molecule has 0 spiro atoms. The number of aryl methyl sites for hydroxylation is 1. The van der Waals surface area contributed by atoms with Crippen LogP contribution in [-0.4, -0.2) is 21.1 Å². The maximum atomic E-state index is 5.94. The molecule has 1 aromatic carbocycles. The van der Waals surface area contributed by atoms with Gasteiger partial charge in [0.2, 0.25) is 0 Å². The third-order valence-electron chi connectivity index (χ3n) is 2.71. The van der Waals surface area contributed by atoms with Crippen molar-refractivity contribution < 1.29 is 0 Å². The van der Waals surface area contributed by atoms with Crippen LogP contribution >= 0.6 is 23.8 Å².